The molecule has 1 aromatic carbocycles. The fourth-order valence-electron chi connectivity index (χ4n) is 2.36. The van der Waals surface area contributed by atoms with Crippen LogP contribution in [0.2, 0.25) is 0 Å². The van der Waals surface area contributed by atoms with Gasteiger partial charge in [0.25, 0.3) is 0 Å². The molecule has 2 rings (SSSR count). The summed E-state index contributed by atoms with van der Waals surface area (Å²) in [6.07, 6.45) is 1.31. The molecule has 3 N–H and O–H groups in total. The van der Waals surface area contributed by atoms with Crippen molar-refractivity contribution in [3.8, 4) is 0 Å². The molecule has 1 unspecified atom stereocenters. The summed E-state index contributed by atoms with van der Waals surface area (Å²) in [5.41, 5.74) is 0.894. The number of hydrogen-bond acceptors (Lipinski definition) is 3. The summed E-state index contributed by atoms with van der Waals surface area (Å²) in [6.45, 7) is 0.234. The molecule has 0 radical (unpaired) electrons. The fraction of sp³-hybridized carbons (Fsp3) is 0.417. The third kappa shape index (κ3) is 1.60. The number of nitrogens with one attached hydrogen (secondary N) is 1. The summed E-state index contributed by atoms with van der Waals surface area (Å²) in [6, 6.07) is 7.58. The third-order valence-corrected chi connectivity index (χ3v) is 3.15. The summed E-state index contributed by atoms with van der Waals surface area (Å²) in [7, 11) is 0. The largest absolute Gasteiger partial charge is 0.480 e. The van der Waals surface area contributed by atoms with E-state index in [1.807, 2.05) is 24.3 Å². The number of hydrogen-bond donors (Lipinski definition) is 3. The van der Waals surface area contributed by atoms with Gasteiger partial charge in [0.05, 0.1) is 6.61 Å². The number of aliphatic carboxylic acids is 1. The number of aryl methyl sites for hydroxylation is 1. The fourth-order valence-corrected chi connectivity index (χ4v) is 2.36. The number of benzene rings is 1. The minimum atomic E-state index is -1.01. The lowest BCUT2D eigenvalue weighted by atomic mass is 9.92. The minimum absolute atomic E-state index is 0.0583. The Balaban J connectivity index is 2.39. The zero-order valence-electron chi connectivity index (χ0n) is 8.94. The van der Waals surface area contributed by atoms with Crippen molar-refractivity contribution >= 4 is 5.97 Å². The van der Waals surface area contributed by atoms with Crippen molar-refractivity contribution in [1.82, 2.24) is 5.32 Å². The number of carboxylic acid groups (broad SMARTS) is 1. The highest BCUT2D eigenvalue weighted by molar-refractivity contribution is 5.82. The predicted molar refractivity (Wildman–Crippen MR) is 59.2 cm³/mol. The van der Waals surface area contributed by atoms with Crippen LogP contribution in [0.4, 0.5) is 0 Å². The van der Waals surface area contributed by atoms with Gasteiger partial charge in [-0.15, -0.1) is 0 Å². The van der Waals surface area contributed by atoms with Gasteiger partial charge < -0.3 is 10.2 Å². The highest BCUT2D eigenvalue weighted by atomic mass is 16.4. The predicted octanol–water partition coefficient (Wildman–Crippen LogP) is 0.495. The van der Waals surface area contributed by atoms with E-state index in [-0.39, 0.29) is 6.61 Å². The van der Waals surface area contributed by atoms with Gasteiger partial charge in [0, 0.05) is 6.54 Å². The number of aliphatic hydroxyl groups excluding tert-OH is 1. The summed E-state index contributed by atoms with van der Waals surface area (Å²) < 4.78 is 0. The van der Waals surface area contributed by atoms with Gasteiger partial charge in [0.15, 0.2) is 0 Å². The van der Waals surface area contributed by atoms with Crippen molar-refractivity contribution in [2.75, 3.05) is 13.2 Å². The molecule has 4 heteroatoms. The third-order valence-electron chi connectivity index (χ3n) is 3.15. The zero-order chi connectivity index (χ0) is 11.6. The van der Waals surface area contributed by atoms with Crippen LogP contribution in [0, 0.1) is 0 Å². The monoisotopic (exact) mass is 221 g/mol. The van der Waals surface area contributed by atoms with E-state index in [4.69, 9.17) is 5.11 Å². The van der Waals surface area contributed by atoms with Crippen LogP contribution in [0.25, 0.3) is 0 Å². The highest BCUT2D eigenvalue weighted by Crippen LogP contribution is 2.36. The van der Waals surface area contributed by atoms with Crippen molar-refractivity contribution in [3.05, 3.63) is 35.4 Å². The van der Waals surface area contributed by atoms with E-state index in [0.717, 1.165) is 17.5 Å². The second kappa shape index (κ2) is 4.23. The molecule has 0 saturated carbocycles. The summed E-state index contributed by atoms with van der Waals surface area (Å²) in [5, 5.41) is 21.2. The number of carboxylic acids is 1. The standard InChI is InChI=1S/C12H15NO3/c14-8-7-13-12(11(15)16)6-5-9-3-1-2-4-10(9)12/h1-4,13-14H,5-8H2,(H,15,16). The quantitative estimate of drug-likeness (QED) is 0.692. The van der Waals surface area contributed by atoms with Gasteiger partial charge in [0.2, 0.25) is 0 Å². The molecule has 0 amide bonds. The van der Waals surface area contributed by atoms with Gasteiger partial charge in [-0.05, 0) is 24.0 Å². The molecule has 16 heavy (non-hydrogen) atoms. The van der Waals surface area contributed by atoms with Crippen LogP contribution >= 0.6 is 0 Å². The van der Waals surface area contributed by atoms with Crippen molar-refractivity contribution in [1.29, 1.82) is 0 Å². The lowest BCUT2D eigenvalue weighted by Gasteiger charge is -2.26. The van der Waals surface area contributed by atoms with Crippen LogP contribution in [0.15, 0.2) is 24.3 Å². The van der Waals surface area contributed by atoms with Gasteiger partial charge >= 0.3 is 5.97 Å². The second-order valence-corrected chi connectivity index (χ2v) is 4.02. The summed E-state index contributed by atoms with van der Waals surface area (Å²) >= 11 is 0. The van der Waals surface area contributed by atoms with E-state index in [2.05, 4.69) is 5.32 Å². The Kier molecular flexibility index (Phi) is 2.94. The first-order chi connectivity index (χ1) is 7.70. The molecule has 1 aromatic rings. The van der Waals surface area contributed by atoms with Crippen molar-refractivity contribution in [2.45, 2.75) is 18.4 Å². The smallest absolute Gasteiger partial charge is 0.328 e. The van der Waals surface area contributed by atoms with Gasteiger partial charge in [-0.3, -0.25) is 5.32 Å². The Hall–Kier alpha value is -1.39. The van der Waals surface area contributed by atoms with Gasteiger partial charge in [0.1, 0.15) is 5.54 Å². The Labute approximate surface area is 93.9 Å². The first-order valence-electron chi connectivity index (χ1n) is 5.38. The Bertz CT molecular complexity index is 405. The van der Waals surface area contributed by atoms with E-state index < -0.39 is 11.5 Å². The van der Waals surface area contributed by atoms with Crippen LogP contribution in [-0.4, -0.2) is 29.3 Å². The molecule has 0 aromatic heterocycles. The maximum absolute atomic E-state index is 11.4. The molecule has 1 aliphatic carbocycles. The van der Waals surface area contributed by atoms with Crippen LogP contribution in [-0.2, 0) is 16.8 Å². The Morgan fingerprint density at radius 2 is 2.19 bits per heavy atom. The SMILES string of the molecule is O=C(O)C1(NCCO)CCc2ccccc21. The number of aliphatic hydroxyl groups is 1. The molecule has 4 nitrogen and oxygen atoms in total. The molecule has 1 aliphatic rings. The molecule has 0 bridgehead atoms. The van der Waals surface area contributed by atoms with Crippen LogP contribution in [0.1, 0.15) is 17.5 Å². The Morgan fingerprint density at radius 1 is 1.44 bits per heavy atom. The molecule has 0 heterocycles. The Morgan fingerprint density at radius 3 is 2.88 bits per heavy atom. The number of fused-ring (bicyclic) bond motifs is 1. The van der Waals surface area contributed by atoms with E-state index in [1.54, 1.807) is 0 Å². The molecular weight excluding hydrogens is 206 g/mol. The normalized spacial score (nSPS) is 23.1. The lowest BCUT2D eigenvalue weighted by molar-refractivity contribution is -0.145. The number of carbonyl (C=O) groups is 1. The second-order valence-electron chi connectivity index (χ2n) is 4.02. The molecular formula is C12H15NO3. The van der Waals surface area contributed by atoms with Gasteiger partial charge in [-0.2, -0.15) is 0 Å². The van der Waals surface area contributed by atoms with Crippen molar-refractivity contribution in [2.24, 2.45) is 0 Å². The van der Waals surface area contributed by atoms with E-state index in [1.165, 1.54) is 0 Å². The first-order valence-corrected chi connectivity index (χ1v) is 5.38. The number of rotatable bonds is 4. The summed E-state index contributed by atoms with van der Waals surface area (Å²) in [4.78, 5) is 11.4. The highest BCUT2D eigenvalue weighted by Gasteiger charge is 2.44. The van der Waals surface area contributed by atoms with Crippen LogP contribution in [0.3, 0.4) is 0 Å². The maximum Gasteiger partial charge on any atom is 0.328 e. The molecule has 0 spiro atoms. The van der Waals surface area contributed by atoms with Gasteiger partial charge in [-0.25, -0.2) is 4.79 Å². The van der Waals surface area contributed by atoms with E-state index in [9.17, 15) is 9.90 Å². The van der Waals surface area contributed by atoms with Crippen molar-refractivity contribution in [3.63, 3.8) is 0 Å². The molecule has 1 atom stereocenters. The molecule has 0 fully saturated rings. The zero-order valence-corrected chi connectivity index (χ0v) is 8.94. The minimum Gasteiger partial charge on any atom is -0.480 e. The lowest BCUT2D eigenvalue weighted by Crippen LogP contribution is -2.48. The average Bonchev–Trinajstić information content (AvgIpc) is 2.67. The van der Waals surface area contributed by atoms with Crippen LogP contribution < -0.4 is 5.32 Å². The molecule has 0 saturated heterocycles. The van der Waals surface area contributed by atoms with E-state index >= 15 is 0 Å². The van der Waals surface area contributed by atoms with Gasteiger partial charge in [-0.1, -0.05) is 24.3 Å². The topological polar surface area (TPSA) is 69.6 Å². The average molecular weight is 221 g/mol. The van der Waals surface area contributed by atoms with E-state index in [0.29, 0.717) is 13.0 Å². The summed E-state index contributed by atoms with van der Waals surface area (Å²) in [5.74, 6) is -0.870. The van der Waals surface area contributed by atoms with Crippen molar-refractivity contribution < 1.29 is 15.0 Å². The van der Waals surface area contributed by atoms with Crippen LogP contribution in [0.5, 0.6) is 0 Å². The molecule has 0 aliphatic heterocycles. The maximum atomic E-state index is 11.4. The molecule has 86 valence electrons. The first kappa shape index (κ1) is 11.1.